The molecule has 2 fully saturated rings. The first-order chi connectivity index (χ1) is 10.6. The van der Waals surface area contributed by atoms with Crippen molar-refractivity contribution in [3.8, 4) is 0 Å². The van der Waals surface area contributed by atoms with E-state index in [2.05, 4.69) is 10.2 Å². The van der Waals surface area contributed by atoms with Crippen LogP contribution < -0.4 is 5.32 Å². The fourth-order valence-corrected chi connectivity index (χ4v) is 4.29. The van der Waals surface area contributed by atoms with Gasteiger partial charge in [-0.2, -0.15) is 0 Å². The smallest absolute Gasteiger partial charge is 0.225 e. The van der Waals surface area contributed by atoms with E-state index in [0.29, 0.717) is 11.4 Å². The highest BCUT2D eigenvalue weighted by Gasteiger charge is 2.34. The molecule has 3 rings (SSSR count). The molecule has 22 heavy (non-hydrogen) atoms. The number of nitrogens with zero attached hydrogens (tertiary/aromatic N) is 1. The third-order valence-corrected chi connectivity index (χ3v) is 5.43. The van der Waals surface area contributed by atoms with Crippen molar-refractivity contribution in [2.45, 2.75) is 51.5 Å². The standard InChI is InChI=1S/C18H25ClN2O/c1-13-12-15(19)7-8-16(13)20-18(22)9-11-21-10-3-5-14-4-2-6-17(14)21/h7-8,12,14,17H,2-6,9-11H2,1H3,(H,20,22)/t14-,17+/m1/s1. The van der Waals surface area contributed by atoms with Gasteiger partial charge in [0.2, 0.25) is 5.91 Å². The zero-order valence-corrected chi connectivity index (χ0v) is 14.0. The third kappa shape index (κ3) is 3.64. The number of anilines is 1. The van der Waals surface area contributed by atoms with E-state index in [-0.39, 0.29) is 5.91 Å². The van der Waals surface area contributed by atoms with Crippen molar-refractivity contribution in [2.24, 2.45) is 5.92 Å². The molecule has 2 atom stereocenters. The summed E-state index contributed by atoms with van der Waals surface area (Å²) >= 11 is 5.95. The molecule has 1 amide bonds. The van der Waals surface area contributed by atoms with Crippen molar-refractivity contribution >= 4 is 23.2 Å². The molecule has 3 nitrogen and oxygen atoms in total. The van der Waals surface area contributed by atoms with Crippen LogP contribution in [0.2, 0.25) is 5.02 Å². The second-order valence-electron chi connectivity index (χ2n) is 6.69. The molecule has 4 heteroatoms. The van der Waals surface area contributed by atoms with Gasteiger partial charge in [-0.3, -0.25) is 9.69 Å². The first-order valence-corrected chi connectivity index (χ1v) is 8.81. The maximum atomic E-state index is 12.2. The average molecular weight is 321 g/mol. The number of aryl methyl sites for hydroxylation is 1. The Morgan fingerprint density at radius 3 is 2.95 bits per heavy atom. The number of hydrogen-bond acceptors (Lipinski definition) is 2. The molecule has 0 unspecified atom stereocenters. The Labute approximate surface area is 138 Å². The molecule has 0 spiro atoms. The van der Waals surface area contributed by atoms with Gasteiger partial charge in [-0.25, -0.2) is 0 Å². The predicted octanol–water partition coefficient (Wildman–Crippen LogP) is 4.24. The maximum Gasteiger partial charge on any atom is 0.225 e. The number of carbonyl (C=O) groups excluding carboxylic acids is 1. The Balaban J connectivity index is 1.51. The molecule has 120 valence electrons. The maximum absolute atomic E-state index is 12.2. The van der Waals surface area contributed by atoms with Crippen LogP contribution in [0.3, 0.4) is 0 Å². The number of amides is 1. The van der Waals surface area contributed by atoms with Crippen molar-refractivity contribution in [3.05, 3.63) is 28.8 Å². The lowest BCUT2D eigenvalue weighted by Crippen LogP contribution is -2.43. The van der Waals surface area contributed by atoms with Crippen LogP contribution in [0.4, 0.5) is 5.69 Å². The second-order valence-corrected chi connectivity index (χ2v) is 7.13. The number of nitrogens with one attached hydrogen (secondary N) is 1. The van der Waals surface area contributed by atoms with Crippen LogP contribution in [0, 0.1) is 12.8 Å². The highest BCUT2D eigenvalue weighted by atomic mass is 35.5. The molecule has 1 N–H and O–H groups in total. The van der Waals surface area contributed by atoms with Crippen LogP contribution in [-0.4, -0.2) is 29.9 Å². The zero-order valence-electron chi connectivity index (χ0n) is 13.3. The minimum absolute atomic E-state index is 0.102. The molecule has 1 aromatic carbocycles. The van der Waals surface area contributed by atoms with Crippen LogP contribution >= 0.6 is 11.6 Å². The number of rotatable bonds is 4. The number of fused-ring (bicyclic) bond motifs is 1. The lowest BCUT2D eigenvalue weighted by Gasteiger charge is -2.37. The first kappa shape index (κ1) is 15.8. The van der Waals surface area contributed by atoms with Gasteiger partial charge < -0.3 is 5.32 Å². The summed E-state index contributed by atoms with van der Waals surface area (Å²) in [5.74, 6) is 0.987. The van der Waals surface area contributed by atoms with Crippen molar-refractivity contribution in [1.82, 2.24) is 4.90 Å². The summed E-state index contributed by atoms with van der Waals surface area (Å²) in [4.78, 5) is 14.8. The summed E-state index contributed by atoms with van der Waals surface area (Å²) in [7, 11) is 0. The van der Waals surface area contributed by atoms with Crippen LogP contribution in [0.5, 0.6) is 0 Å². The molecule has 0 radical (unpaired) electrons. The number of hydrogen-bond donors (Lipinski definition) is 1. The van der Waals surface area contributed by atoms with Gasteiger partial charge in [0.1, 0.15) is 0 Å². The number of halogens is 1. The average Bonchev–Trinajstić information content (AvgIpc) is 2.97. The Morgan fingerprint density at radius 2 is 2.14 bits per heavy atom. The van der Waals surface area contributed by atoms with Crippen LogP contribution in [0.15, 0.2) is 18.2 Å². The quantitative estimate of drug-likeness (QED) is 0.900. The van der Waals surface area contributed by atoms with Gasteiger partial charge in [0, 0.05) is 29.7 Å². The van der Waals surface area contributed by atoms with Gasteiger partial charge in [0.15, 0.2) is 0 Å². The fourth-order valence-electron chi connectivity index (χ4n) is 4.06. The Kier molecular flexibility index (Phi) is 5.04. The predicted molar refractivity (Wildman–Crippen MR) is 91.4 cm³/mol. The summed E-state index contributed by atoms with van der Waals surface area (Å²) in [6.07, 6.45) is 7.32. The number of piperidine rings is 1. The topological polar surface area (TPSA) is 32.3 Å². The van der Waals surface area contributed by atoms with Gasteiger partial charge in [-0.1, -0.05) is 18.0 Å². The first-order valence-electron chi connectivity index (χ1n) is 8.43. The summed E-state index contributed by atoms with van der Waals surface area (Å²) in [6.45, 7) is 4.02. The molecule has 0 aromatic heterocycles. The summed E-state index contributed by atoms with van der Waals surface area (Å²) in [5.41, 5.74) is 1.88. The van der Waals surface area contributed by atoms with Crippen LogP contribution in [-0.2, 0) is 4.79 Å². The van der Waals surface area contributed by atoms with E-state index < -0.39 is 0 Å². The van der Waals surface area contributed by atoms with E-state index >= 15 is 0 Å². The lowest BCUT2D eigenvalue weighted by molar-refractivity contribution is -0.116. The van der Waals surface area contributed by atoms with Crippen molar-refractivity contribution in [2.75, 3.05) is 18.4 Å². The van der Waals surface area contributed by atoms with Gasteiger partial charge >= 0.3 is 0 Å². The number of carbonyl (C=O) groups is 1. The lowest BCUT2D eigenvalue weighted by atomic mass is 9.92. The molecule has 1 heterocycles. The minimum atomic E-state index is 0.102. The highest BCUT2D eigenvalue weighted by molar-refractivity contribution is 6.30. The van der Waals surface area contributed by atoms with E-state index in [1.54, 1.807) is 0 Å². The van der Waals surface area contributed by atoms with Gasteiger partial charge in [0.25, 0.3) is 0 Å². The zero-order chi connectivity index (χ0) is 15.5. The SMILES string of the molecule is Cc1cc(Cl)ccc1NC(=O)CCN1CCC[C@H]2CCC[C@@H]21. The molecule has 1 aliphatic heterocycles. The molecule has 0 bridgehead atoms. The van der Waals surface area contributed by atoms with Crippen LogP contribution in [0.1, 0.15) is 44.1 Å². The molecule has 1 aliphatic carbocycles. The highest BCUT2D eigenvalue weighted by Crippen LogP contribution is 2.36. The normalized spacial score (nSPS) is 25.0. The second kappa shape index (κ2) is 7.01. The molecular formula is C18H25ClN2O. The minimum Gasteiger partial charge on any atom is -0.326 e. The van der Waals surface area contributed by atoms with Gasteiger partial charge in [-0.05, 0) is 68.8 Å². The van der Waals surface area contributed by atoms with E-state index in [0.717, 1.165) is 36.3 Å². The van der Waals surface area contributed by atoms with E-state index in [9.17, 15) is 4.79 Å². The molecular weight excluding hydrogens is 296 g/mol. The van der Waals surface area contributed by atoms with Crippen molar-refractivity contribution in [1.29, 1.82) is 0 Å². The monoisotopic (exact) mass is 320 g/mol. The molecule has 2 aliphatic rings. The number of benzene rings is 1. The summed E-state index contributed by atoms with van der Waals surface area (Å²) in [6, 6.07) is 6.31. The van der Waals surface area contributed by atoms with Crippen molar-refractivity contribution in [3.63, 3.8) is 0 Å². The third-order valence-electron chi connectivity index (χ3n) is 5.20. The van der Waals surface area contributed by atoms with E-state index in [4.69, 9.17) is 11.6 Å². The Hall–Kier alpha value is -1.06. The fraction of sp³-hybridized carbons (Fsp3) is 0.611. The summed E-state index contributed by atoms with van der Waals surface area (Å²) < 4.78 is 0. The van der Waals surface area contributed by atoms with E-state index in [1.165, 1.54) is 32.1 Å². The Bertz CT molecular complexity index is 546. The molecule has 1 saturated heterocycles. The van der Waals surface area contributed by atoms with Gasteiger partial charge in [0.05, 0.1) is 0 Å². The van der Waals surface area contributed by atoms with E-state index in [1.807, 2.05) is 25.1 Å². The largest absolute Gasteiger partial charge is 0.326 e. The Morgan fingerprint density at radius 1 is 1.32 bits per heavy atom. The number of likely N-dealkylation sites (tertiary alicyclic amines) is 1. The van der Waals surface area contributed by atoms with Gasteiger partial charge in [-0.15, -0.1) is 0 Å². The van der Waals surface area contributed by atoms with Crippen molar-refractivity contribution < 1.29 is 4.79 Å². The molecule has 1 saturated carbocycles. The summed E-state index contributed by atoms with van der Waals surface area (Å²) in [5, 5.41) is 3.72. The van der Waals surface area contributed by atoms with Crippen LogP contribution in [0.25, 0.3) is 0 Å². The molecule has 1 aromatic rings.